The predicted molar refractivity (Wildman–Crippen MR) is 103 cm³/mol. The van der Waals surface area contributed by atoms with Crippen molar-refractivity contribution in [3.8, 4) is 5.88 Å². The highest BCUT2D eigenvalue weighted by Crippen LogP contribution is 2.26. The first-order chi connectivity index (χ1) is 13.4. The number of halogens is 2. The number of hydrogen-bond acceptors (Lipinski definition) is 5. The first kappa shape index (κ1) is 19.0. The number of nitrogens with zero attached hydrogens (tertiary/aromatic N) is 3. The van der Waals surface area contributed by atoms with Gasteiger partial charge in [0.2, 0.25) is 15.9 Å². The molecule has 0 aliphatic carbocycles. The molecular formula is C19H17ClFN3O3S. The summed E-state index contributed by atoms with van der Waals surface area (Å²) in [6, 6.07) is 10.9. The van der Waals surface area contributed by atoms with Crippen molar-refractivity contribution in [2.45, 2.75) is 23.8 Å². The van der Waals surface area contributed by atoms with Gasteiger partial charge in [-0.25, -0.2) is 22.8 Å². The molecular weight excluding hydrogens is 405 g/mol. The lowest BCUT2D eigenvalue weighted by molar-refractivity contribution is 0.130. The summed E-state index contributed by atoms with van der Waals surface area (Å²) in [6.07, 6.45) is 2.45. The maximum atomic E-state index is 13.3. The van der Waals surface area contributed by atoms with Gasteiger partial charge in [0, 0.05) is 13.1 Å². The fourth-order valence-electron chi connectivity index (χ4n) is 3.14. The Hall–Kier alpha value is -2.29. The van der Waals surface area contributed by atoms with Crippen LogP contribution in [0.25, 0.3) is 11.0 Å². The molecule has 0 amide bonds. The second-order valence-electron chi connectivity index (χ2n) is 6.49. The van der Waals surface area contributed by atoms with Crippen LogP contribution in [0.3, 0.4) is 0 Å². The molecule has 6 nitrogen and oxygen atoms in total. The monoisotopic (exact) mass is 421 g/mol. The Bertz CT molecular complexity index is 1120. The molecule has 1 fully saturated rings. The first-order valence-corrected chi connectivity index (χ1v) is 10.6. The highest BCUT2D eigenvalue weighted by molar-refractivity contribution is 7.89. The molecule has 0 saturated carbocycles. The highest BCUT2D eigenvalue weighted by Gasteiger charge is 2.30. The Kier molecular flexibility index (Phi) is 5.18. The molecule has 0 unspecified atom stereocenters. The second kappa shape index (κ2) is 7.62. The summed E-state index contributed by atoms with van der Waals surface area (Å²) < 4.78 is 46.1. The number of aromatic nitrogens is 2. The summed E-state index contributed by atoms with van der Waals surface area (Å²) in [5, 5.41) is -0.214. The summed E-state index contributed by atoms with van der Waals surface area (Å²) in [5.74, 6) is -0.227. The highest BCUT2D eigenvalue weighted by atomic mass is 35.5. The van der Waals surface area contributed by atoms with Gasteiger partial charge in [0.15, 0.2) is 0 Å². The maximum absolute atomic E-state index is 13.3. The van der Waals surface area contributed by atoms with Crippen LogP contribution in [0.4, 0.5) is 4.39 Å². The van der Waals surface area contributed by atoms with E-state index >= 15 is 0 Å². The standard InChI is InChI=1S/C19H17ClFN3O3S/c20-15-11-14(5-6-16(15)21)28(25,26)24-9-7-13(8-10-24)27-19-12-22-17-3-1-2-4-18(17)23-19/h1-6,11-13H,7-10H2. The summed E-state index contributed by atoms with van der Waals surface area (Å²) >= 11 is 5.72. The van der Waals surface area contributed by atoms with E-state index in [9.17, 15) is 12.8 Å². The molecule has 0 N–H and O–H groups in total. The third-order valence-electron chi connectivity index (χ3n) is 4.64. The van der Waals surface area contributed by atoms with E-state index in [1.807, 2.05) is 24.3 Å². The van der Waals surface area contributed by atoms with Crippen molar-refractivity contribution < 1.29 is 17.5 Å². The summed E-state index contributed by atoms with van der Waals surface area (Å²) in [6.45, 7) is 0.589. The molecule has 146 valence electrons. The van der Waals surface area contributed by atoms with E-state index in [4.69, 9.17) is 16.3 Å². The SMILES string of the molecule is O=S(=O)(c1ccc(F)c(Cl)c1)N1CCC(Oc2cnc3ccccc3n2)CC1. The minimum atomic E-state index is -3.73. The van der Waals surface area contributed by atoms with Crippen LogP contribution >= 0.6 is 11.6 Å². The number of para-hydroxylation sites is 2. The average molecular weight is 422 g/mol. The zero-order valence-corrected chi connectivity index (χ0v) is 16.3. The Labute approximate surface area is 167 Å². The van der Waals surface area contributed by atoms with E-state index in [2.05, 4.69) is 9.97 Å². The number of rotatable bonds is 4. The van der Waals surface area contributed by atoms with Crippen LogP contribution in [-0.4, -0.2) is 41.9 Å². The lowest BCUT2D eigenvalue weighted by Gasteiger charge is -2.31. The van der Waals surface area contributed by atoms with E-state index in [1.165, 1.54) is 10.4 Å². The zero-order valence-electron chi connectivity index (χ0n) is 14.8. The van der Waals surface area contributed by atoms with Crippen molar-refractivity contribution in [2.24, 2.45) is 0 Å². The predicted octanol–water partition coefficient (Wildman–Crippen LogP) is 3.65. The topological polar surface area (TPSA) is 72.4 Å². The minimum absolute atomic E-state index is 0.0151. The van der Waals surface area contributed by atoms with Gasteiger partial charge in [-0.05, 0) is 43.2 Å². The van der Waals surface area contributed by atoms with Crippen LogP contribution in [0, 0.1) is 5.82 Å². The lowest BCUT2D eigenvalue weighted by Crippen LogP contribution is -2.41. The van der Waals surface area contributed by atoms with E-state index in [0.29, 0.717) is 31.8 Å². The molecule has 2 heterocycles. The largest absolute Gasteiger partial charge is 0.473 e. The molecule has 3 aromatic rings. The Morgan fingerprint density at radius 1 is 1.11 bits per heavy atom. The molecule has 9 heteroatoms. The number of sulfonamides is 1. The van der Waals surface area contributed by atoms with Crippen LogP contribution in [0.5, 0.6) is 5.88 Å². The summed E-state index contributed by atoms with van der Waals surface area (Å²) in [7, 11) is -3.73. The molecule has 0 bridgehead atoms. The van der Waals surface area contributed by atoms with E-state index in [-0.39, 0.29) is 16.0 Å². The van der Waals surface area contributed by atoms with Gasteiger partial charge >= 0.3 is 0 Å². The van der Waals surface area contributed by atoms with E-state index < -0.39 is 15.8 Å². The van der Waals surface area contributed by atoms with Gasteiger partial charge in [0.05, 0.1) is 27.1 Å². The number of piperidine rings is 1. The zero-order chi connectivity index (χ0) is 19.7. The van der Waals surface area contributed by atoms with Gasteiger partial charge in [-0.15, -0.1) is 0 Å². The van der Waals surface area contributed by atoms with Crippen molar-refractivity contribution in [3.05, 3.63) is 59.5 Å². The fraction of sp³-hybridized carbons (Fsp3) is 0.263. The Balaban J connectivity index is 1.42. The lowest BCUT2D eigenvalue weighted by atomic mass is 10.1. The Morgan fingerprint density at radius 3 is 2.54 bits per heavy atom. The number of hydrogen-bond donors (Lipinski definition) is 0. The fourth-order valence-corrected chi connectivity index (χ4v) is 4.89. The van der Waals surface area contributed by atoms with E-state index in [0.717, 1.165) is 23.2 Å². The first-order valence-electron chi connectivity index (χ1n) is 8.77. The van der Waals surface area contributed by atoms with Crippen molar-refractivity contribution in [3.63, 3.8) is 0 Å². The molecule has 2 aromatic carbocycles. The van der Waals surface area contributed by atoms with Gasteiger partial charge in [0.1, 0.15) is 11.9 Å². The molecule has 0 radical (unpaired) electrons. The van der Waals surface area contributed by atoms with Crippen LogP contribution in [-0.2, 0) is 10.0 Å². The molecule has 1 aromatic heterocycles. The van der Waals surface area contributed by atoms with Gasteiger partial charge in [-0.2, -0.15) is 4.31 Å². The Morgan fingerprint density at radius 2 is 1.82 bits per heavy atom. The molecule has 1 saturated heterocycles. The van der Waals surface area contributed by atoms with Gasteiger partial charge in [-0.3, -0.25) is 0 Å². The van der Waals surface area contributed by atoms with Crippen molar-refractivity contribution in [1.82, 2.24) is 14.3 Å². The van der Waals surface area contributed by atoms with E-state index in [1.54, 1.807) is 6.20 Å². The smallest absolute Gasteiger partial charge is 0.243 e. The molecule has 28 heavy (non-hydrogen) atoms. The second-order valence-corrected chi connectivity index (χ2v) is 8.84. The van der Waals surface area contributed by atoms with Gasteiger partial charge in [0.25, 0.3) is 0 Å². The van der Waals surface area contributed by atoms with Crippen LogP contribution < -0.4 is 4.74 Å². The van der Waals surface area contributed by atoms with Crippen molar-refractivity contribution in [2.75, 3.05) is 13.1 Å². The third-order valence-corrected chi connectivity index (χ3v) is 6.83. The van der Waals surface area contributed by atoms with Gasteiger partial charge < -0.3 is 4.74 Å². The summed E-state index contributed by atoms with van der Waals surface area (Å²) in [5.41, 5.74) is 1.53. The van der Waals surface area contributed by atoms with Gasteiger partial charge in [-0.1, -0.05) is 23.7 Å². The number of benzene rings is 2. The van der Waals surface area contributed by atoms with Crippen LogP contribution in [0.1, 0.15) is 12.8 Å². The minimum Gasteiger partial charge on any atom is -0.473 e. The van der Waals surface area contributed by atoms with Crippen molar-refractivity contribution in [1.29, 1.82) is 0 Å². The van der Waals surface area contributed by atoms with Crippen LogP contribution in [0.2, 0.25) is 5.02 Å². The quantitative estimate of drug-likeness (QED) is 0.643. The normalized spacial score (nSPS) is 16.4. The average Bonchev–Trinajstić information content (AvgIpc) is 2.70. The van der Waals surface area contributed by atoms with Crippen LogP contribution in [0.15, 0.2) is 53.6 Å². The molecule has 4 rings (SSSR count). The summed E-state index contributed by atoms with van der Waals surface area (Å²) in [4.78, 5) is 8.74. The maximum Gasteiger partial charge on any atom is 0.243 e. The molecule has 1 aliphatic rings. The van der Waals surface area contributed by atoms with Crippen molar-refractivity contribution >= 4 is 32.7 Å². The molecule has 1 aliphatic heterocycles. The number of fused-ring (bicyclic) bond motifs is 1. The molecule has 0 spiro atoms. The number of ether oxygens (including phenoxy) is 1. The third kappa shape index (κ3) is 3.80. The molecule has 0 atom stereocenters.